The van der Waals surface area contributed by atoms with Gasteiger partial charge in [-0.25, -0.2) is 9.37 Å². The summed E-state index contributed by atoms with van der Waals surface area (Å²) < 4.78 is 18.0. The van der Waals surface area contributed by atoms with Gasteiger partial charge in [0.05, 0.1) is 12.1 Å². The van der Waals surface area contributed by atoms with E-state index in [1.807, 2.05) is 0 Å². The van der Waals surface area contributed by atoms with Crippen LogP contribution in [-0.4, -0.2) is 16.0 Å². The molecule has 0 unspecified atom stereocenters. The van der Waals surface area contributed by atoms with Crippen LogP contribution in [0.25, 0.3) is 0 Å². The second-order valence-corrected chi connectivity index (χ2v) is 3.23. The highest BCUT2D eigenvalue weighted by atomic mass is 19.1. The van der Waals surface area contributed by atoms with Crippen LogP contribution < -0.4 is 11.1 Å². The van der Waals surface area contributed by atoms with Crippen LogP contribution in [0, 0.1) is 5.82 Å². The molecular formula is C10H9FN4O2. The highest BCUT2D eigenvalue weighted by molar-refractivity contribution is 5.94. The highest BCUT2D eigenvalue weighted by Gasteiger charge is 2.14. The molecule has 0 aromatic carbocycles. The number of nitrogens with zero attached hydrogens (tertiary/aromatic N) is 2. The second kappa shape index (κ2) is 4.60. The molecule has 2 rings (SSSR count). The van der Waals surface area contributed by atoms with Gasteiger partial charge in [0.1, 0.15) is 12.0 Å². The number of amides is 1. The molecule has 0 spiro atoms. The van der Waals surface area contributed by atoms with Crippen molar-refractivity contribution in [3.8, 4) is 0 Å². The summed E-state index contributed by atoms with van der Waals surface area (Å²) in [5, 5.41) is 6.09. The van der Waals surface area contributed by atoms with Gasteiger partial charge in [-0.05, 0) is 6.07 Å². The number of nitrogen functional groups attached to an aromatic ring is 1. The lowest BCUT2D eigenvalue weighted by Crippen LogP contribution is -2.24. The molecule has 0 bridgehead atoms. The topological polar surface area (TPSA) is 94.0 Å². The number of halogens is 1. The lowest BCUT2D eigenvalue weighted by molar-refractivity contribution is 0.0946. The third-order valence-electron chi connectivity index (χ3n) is 2.08. The van der Waals surface area contributed by atoms with E-state index in [1.54, 1.807) is 6.07 Å². The second-order valence-electron chi connectivity index (χ2n) is 3.23. The van der Waals surface area contributed by atoms with Gasteiger partial charge in [0.2, 0.25) is 0 Å². The molecule has 2 aromatic heterocycles. The van der Waals surface area contributed by atoms with Crippen molar-refractivity contribution in [2.24, 2.45) is 0 Å². The summed E-state index contributed by atoms with van der Waals surface area (Å²) in [7, 11) is 0. The first-order valence-corrected chi connectivity index (χ1v) is 4.76. The van der Waals surface area contributed by atoms with Gasteiger partial charge in [-0.1, -0.05) is 5.16 Å². The predicted octanol–water partition coefficient (Wildman–Crippen LogP) is 0.721. The first kappa shape index (κ1) is 11.1. The Labute approximate surface area is 95.6 Å². The molecule has 0 saturated carbocycles. The molecular weight excluding hydrogens is 227 g/mol. The van der Waals surface area contributed by atoms with Crippen molar-refractivity contribution in [1.29, 1.82) is 0 Å². The third kappa shape index (κ3) is 2.39. The summed E-state index contributed by atoms with van der Waals surface area (Å²) in [5.74, 6) is -1.72. The van der Waals surface area contributed by atoms with Gasteiger partial charge in [0, 0.05) is 12.3 Å². The van der Waals surface area contributed by atoms with Gasteiger partial charge in [-0.3, -0.25) is 4.79 Å². The number of nitrogens with two attached hydrogens (primary N) is 1. The Kier molecular flexibility index (Phi) is 2.99. The molecule has 0 aliphatic carbocycles. The zero-order valence-electron chi connectivity index (χ0n) is 8.68. The normalized spacial score (nSPS) is 10.2. The molecule has 2 heterocycles. The minimum absolute atomic E-state index is 0.150. The summed E-state index contributed by atoms with van der Waals surface area (Å²) in [5.41, 5.74) is 5.65. The molecule has 0 aliphatic rings. The van der Waals surface area contributed by atoms with Crippen molar-refractivity contribution in [1.82, 2.24) is 15.5 Å². The number of nitrogens with one attached hydrogen (secondary N) is 1. The number of carbonyl (C=O) groups excluding carboxylic acids is 1. The number of rotatable bonds is 3. The molecule has 2 aromatic rings. The van der Waals surface area contributed by atoms with Crippen molar-refractivity contribution < 1.29 is 13.7 Å². The van der Waals surface area contributed by atoms with Crippen LogP contribution in [0.4, 0.5) is 10.2 Å². The monoisotopic (exact) mass is 236 g/mol. The van der Waals surface area contributed by atoms with Crippen LogP contribution in [-0.2, 0) is 6.54 Å². The summed E-state index contributed by atoms with van der Waals surface area (Å²) in [6.45, 7) is 0.150. The van der Waals surface area contributed by atoms with E-state index in [4.69, 9.17) is 5.73 Å². The van der Waals surface area contributed by atoms with E-state index in [0.717, 1.165) is 0 Å². The third-order valence-corrected chi connectivity index (χ3v) is 2.08. The van der Waals surface area contributed by atoms with E-state index in [2.05, 4.69) is 20.0 Å². The minimum atomic E-state index is -0.829. The van der Waals surface area contributed by atoms with E-state index in [-0.39, 0.29) is 17.9 Å². The lowest BCUT2D eigenvalue weighted by Gasteiger charge is -2.04. The average Bonchev–Trinajstić information content (AvgIpc) is 2.82. The number of hydrogen-bond acceptors (Lipinski definition) is 5. The first-order valence-electron chi connectivity index (χ1n) is 4.76. The van der Waals surface area contributed by atoms with E-state index in [1.165, 1.54) is 18.5 Å². The zero-order valence-corrected chi connectivity index (χ0v) is 8.68. The van der Waals surface area contributed by atoms with Crippen LogP contribution >= 0.6 is 0 Å². The van der Waals surface area contributed by atoms with Crippen LogP contribution in [0.2, 0.25) is 0 Å². The van der Waals surface area contributed by atoms with Crippen molar-refractivity contribution >= 4 is 11.7 Å². The molecule has 0 fully saturated rings. The van der Waals surface area contributed by atoms with Gasteiger partial charge in [0.25, 0.3) is 5.91 Å². The summed E-state index contributed by atoms with van der Waals surface area (Å²) in [6.07, 6.45) is 2.65. The fourth-order valence-corrected chi connectivity index (χ4v) is 1.23. The largest absolute Gasteiger partial charge is 0.381 e. The molecule has 0 radical (unpaired) electrons. The van der Waals surface area contributed by atoms with E-state index in [9.17, 15) is 9.18 Å². The minimum Gasteiger partial charge on any atom is -0.381 e. The smallest absolute Gasteiger partial charge is 0.254 e. The maximum absolute atomic E-state index is 13.4. The Morgan fingerprint density at radius 3 is 3.06 bits per heavy atom. The van der Waals surface area contributed by atoms with Crippen molar-refractivity contribution in [3.63, 3.8) is 0 Å². The Balaban J connectivity index is 2.07. The quantitative estimate of drug-likeness (QED) is 0.818. The molecule has 0 saturated heterocycles. The number of pyridine rings is 1. The molecule has 7 heteroatoms. The molecule has 88 valence electrons. The lowest BCUT2D eigenvalue weighted by atomic mass is 10.2. The van der Waals surface area contributed by atoms with E-state index in [0.29, 0.717) is 5.69 Å². The standard InChI is InChI=1S/C10H9FN4O2/c11-8-7(1-3-13-9(8)12)10(16)14-5-6-2-4-17-15-6/h1-4H,5H2,(H2,12,13)(H,14,16). The molecule has 0 aliphatic heterocycles. The average molecular weight is 236 g/mol. The van der Waals surface area contributed by atoms with Gasteiger partial charge in [-0.15, -0.1) is 0 Å². The Bertz CT molecular complexity index is 527. The fraction of sp³-hybridized carbons (Fsp3) is 0.100. The predicted molar refractivity (Wildman–Crippen MR) is 56.3 cm³/mol. The molecule has 0 atom stereocenters. The summed E-state index contributed by atoms with van der Waals surface area (Å²) in [4.78, 5) is 15.1. The first-order chi connectivity index (χ1) is 8.18. The van der Waals surface area contributed by atoms with Crippen molar-refractivity contribution in [3.05, 3.63) is 41.7 Å². The van der Waals surface area contributed by atoms with Crippen molar-refractivity contribution in [2.75, 3.05) is 5.73 Å². The van der Waals surface area contributed by atoms with Crippen LogP contribution in [0.5, 0.6) is 0 Å². The van der Waals surface area contributed by atoms with Gasteiger partial charge in [0.15, 0.2) is 11.6 Å². The Hall–Kier alpha value is -2.44. The molecule has 6 nitrogen and oxygen atoms in total. The van der Waals surface area contributed by atoms with Crippen LogP contribution in [0.15, 0.2) is 29.1 Å². The van der Waals surface area contributed by atoms with Crippen LogP contribution in [0.1, 0.15) is 16.1 Å². The summed E-state index contributed by atoms with van der Waals surface area (Å²) in [6, 6.07) is 2.85. The van der Waals surface area contributed by atoms with Gasteiger partial charge >= 0.3 is 0 Å². The van der Waals surface area contributed by atoms with Gasteiger partial charge < -0.3 is 15.6 Å². The Morgan fingerprint density at radius 1 is 1.53 bits per heavy atom. The number of aromatic nitrogens is 2. The zero-order chi connectivity index (χ0) is 12.3. The van der Waals surface area contributed by atoms with Crippen LogP contribution in [0.3, 0.4) is 0 Å². The SMILES string of the molecule is Nc1nccc(C(=O)NCc2ccon2)c1F. The number of hydrogen-bond donors (Lipinski definition) is 2. The Morgan fingerprint density at radius 2 is 2.35 bits per heavy atom. The van der Waals surface area contributed by atoms with Crippen molar-refractivity contribution in [2.45, 2.75) is 6.54 Å². The highest BCUT2D eigenvalue weighted by Crippen LogP contribution is 2.11. The fourth-order valence-electron chi connectivity index (χ4n) is 1.23. The number of anilines is 1. The molecule has 3 N–H and O–H groups in total. The van der Waals surface area contributed by atoms with E-state index >= 15 is 0 Å². The van der Waals surface area contributed by atoms with E-state index < -0.39 is 11.7 Å². The molecule has 17 heavy (non-hydrogen) atoms. The van der Waals surface area contributed by atoms with Gasteiger partial charge in [-0.2, -0.15) is 0 Å². The maximum Gasteiger partial charge on any atom is 0.254 e. The molecule has 1 amide bonds. The maximum atomic E-state index is 13.4. The number of carbonyl (C=O) groups is 1. The summed E-state index contributed by atoms with van der Waals surface area (Å²) >= 11 is 0.